The molecule has 108 valence electrons. The molecule has 2 N–H and O–H groups in total. The van der Waals surface area contributed by atoms with Gasteiger partial charge in [-0.05, 0) is 35.0 Å². The van der Waals surface area contributed by atoms with Crippen LogP contribution in [0.2, 0.25) is 0 Å². The van der Waals surface area contributed by atoms with E-state index in [0.29, 0.717) is 5.69 Å². The number of aliphatic hydroxyl groups is 1. The minimum absolute atomic E-state index is 0.0515. The van der Waals surface area contributed by atoms with E-state index in [1.54, 1.807) is 31.3 Å². The summed E-state index contributed by atoms with van der Waals surface area (Å²) >= 11 is 3.03. The van der Waals surface area contributed by atoms with Crippen molar-refractivity contribution in [3.8, 4) is 0 Å². The zero-order valence-electron chi connectivity index (χ0n) is 10.6. The lowest BCUT2D eigenvalue weighted by Crippen LogP contribution is -2.27. The maximum absolute atomic E-state index is 12.3. The van der Waals surface area contributed by atoms with Crippen molar-refractivity contribution in [3.05, 3.63) is 46.6 Å². The number of aliphatic hydroxyl groups excluding tert-OH is 1. The zero-order chi connectivity index (χ0) is 14.8. The van der Waals surface area contributed by atoms with E-state index in [2.05, 4.69) is 25.6 Å². The molecule has 0 amide bonds. The first kappa shape index (κ1) is 15.2. The van der Waals surface area contributed by atoms with Crippen LogP contribution in [0.4, 0.5) is 0 Å². The molecule has 1 atom stereocenters. The number of nitrogens with one attached hydrogen (secondary N) is 1. The standard InChI is InChI=1S/C12H13BrN2O4S/c1-8(10-4-2-3-5-14-10)15-20(17,18)11-6-9(7-16)19-12(11)13/h2-6,8,15-16H,7H2,1H3. The highest BCUT2D eigenvalue weighted by atomic mass is 79.9. The molecule has 8 heteroatoms. The van der Waals surface area contributed by atoms with Crippen molar-refractivity contribution in [1.29, 1.82) is 0 Å². The molecule has 0 aliphatic carbocycles. The van der Waals surface area contributed by atoms with Crippen LogP contribution in [0, 0.1) is 0 Å². The minimum atomic E-state index is -3.77. The third-order valence-electron chi connectivity index (χ3n) is 2.62. The topological polar surface area (TPSA) is 92.4 Å². The van der Waals surface area contributed by atoms with Gasteiger partial charge in [-0.15, -0.1) is 0 Å². The number of furan rings is 1. The predicted molar refractivity (Wildman–Crippen MR) is 75.3 cm³/mol. The Morgan fingerprint density at radius 3 is 2.80 bits per heavy atom. The van der Waals surface area contributed by atoms with Crippen molar-refractivity contribution in [3.63, 3.8) is 0 Å². The van der Waals surface area contributed by atoms with Crippen LogP contribution >= 0.6 is 15.9 Å². The fourth-order valence-corrected chi connectivity index (χ4v) is 3.86. The van der Waals surface area contributed by atoms with E-state index in [4.69, 9.17) is 9.52 Å². The molecule has 6 nitrogen and oxygen atoms in total. The third-order valence-corrected chi connectivity index (χ3v) is 5.01. The minimum Gasteiger partial charge on any atom is -0.450 e. The summed E-state index contributed by atoms with van der Waals surface area (Å²) in [6.45, 7) is 1.32. The van der Waals surface area contributed by atoms with Gasteiger partial charge in [0.05, 0.1) is 11.7 Å². The molecule has 0 fully saturated rings. The molecule has 2 aromatic heterocycles. The zero-order valence-corrected chi connectivity index (χ0v) is 13.0. The highest BCUT2D eigenvalue weighted by Gasteiger charge is 2.25. The van der Waals surface area contributed by atoms with E-state index >= 15 is 0 Å². The van der Waals surface area contributed by atoms with Gasteiger partial charge in [0, 0.05) is 12.3 Å². The molecule has 1 unspecified atom stereocenters. The van der Waals surface area contributed by atoms with Gasteiger partial charge in [0.15, 0.2) is 4.67 Å². The Morgan fingerprint density at radius 2 is 2.25 bits per heavy atom. The summed E-state index contributed by atoms with van der Waals surface area (Å²) in [5, 5.41) is 8.96. The summed E-state index contributed by atoms with van der Waals surface area (Å²) in [6.07, 6.45) is 1.60. The van der Waals surface area contributed by atoms with Gasteiger partial charge in [0.25, 0.3) is 0 Å². The van der Waals surface area contributed by atoms with Crippen molar-refractivity contribution in [1.82, 2.24) is 9.71 Å². The summed E-state index contributed by atoms with van der Waals surface area (Å²) in [5.41, 5.74) is 0.609. The van der Waals surface area contributed by atoms with Crippen LogP contribution in [0.25, 0.3) is 0 Å². The second kappa shape index (κ2) is 6.04. The number of pyridine rings is 1. The highest BCUT2D eigenvalue weighted by Crippen LogP contribution is 2.27. The van der Waals surface area contributed by atoms with Gasteiger partial charge in [-0.1, -0.05) is 6.07 Å². The fourth-order valence-electron chi connectivity index (χ4n) is 1.65. The molecule has 0 aliphatic heterocycles. The molecular formula is C12H13BrN2O4S. The molecule has 0 radical (unpaired) electrons. The lowest BCUT2D eigenvalue weighted by molar-refractivity contribution is 0.245. The van der Waals surface area contributed by atoms with E-state index < -0.39 is 16.1 Å². The van der Waals surface area contributed by atoms with E-state index in [1.165, 1.54) is 6.07 Å². The van der Waals surface area contributed by atoms with Gasteiger partial charge in [-0.25, -0.2) is 13.1 Å². The number of aromatic nitrogens is 1. The second-order valence-electron chi connectivity index (χ2n) is 4.11. The Bertz CT molecular complexity index is 685. The van der Waals surface area contributed by atoms with Crippen molar-refractivity contribution in [2.24, 2.45) is 0 Å². The lowest BCUT2D eigenvalue weighted by Gasteiger charge is -2.12. The summed E-state index contributed by atoms with van der Waals surface area (Å²) < 4.78 is 32.1. The number of sulfonamides is 1. The normalized spacial score (nSPS) is 13.3. The number of hydrogen-bond acceptors (Lipinski definition) is 5. The van der Waals surface area contributed by atoms with Gasteiger partial charge >= 0.3 is 0 Å². The Kier molecular flexibility index (Phi) is 4.59. The van der Waals surface area contributed by atoms with Crippen molar-refractivity contribution in [2.75, 3.05) is 0 Å². The smallest absolute Gasteiger partial charge is 0.245 e. The Balaban J connectivity index is 2.25. The van der Waals surface area contributed by atoms with Crippen molar-refractivity contribution in [2.45, 2.75) is 24.5 Å². The number of halogens is 1. The average Bonchev–Trinajstić information content (AvgIpc) is 2.81. The molecule has 0 bridgehead atoms. The first-order valence-corrected chi connectivity index (χ1v) is 8.04. The van der Waals surface area contributed by atoms with Crippen molar-refractivity contribution < 1.29 is 17.9 Å². The first-order chi connectivity index (χ1) is 9.44. The Morgan fingerprint density at radius 1 is 1.50 bits per heavy atom. The van der Waals surface area contributed by atoms with E-state index in [1.807, 2.05) is 0 Å². The molecule has 2 rings (SSSR count). The monoisotopic (exact) mass is 360 g/mol. The average molecular weight is 361 g/mol. The lowest BCUT2D eigenvalue weighted by atomic mass is 10.2. The summed E-state index contributed by atoms with van der Waals surface area (Å²) in [6, 6.07) is 6.06. The molecule has 0 saturated carbocycles. The number of nitrogens with zero attached hydrogens (tertiary/aromatic N) is 1. The van der Waals surface area contributed by atoms with Gasteiger partial charge in [0.1, 0.15) is 17.3 Å². The van der Waals surface area contributed by atoms with Crippen molar-refractivity contribution >= 4 is 26.0 Å². The molecule has 20 heavy (non-hydrogen) atoms. The number of hydrogen-bond donors (Lipinski definition) is 2. The van der Waals surface area contributed by atoms with Crippen LogP contribution in [-0.2, 0) is 16.6 Å². The molecule has 2 heterocycles. The highest BCUT2D eigenvalue weighted by molar-refractivity contribution is 9.10. The van der Waals surface area contributed by atoms with Crippen LogP contribution in [0.15, 0.2) is 44.4 Å². The Labute approximate surface area is 125 Å². The molecule has 0 aliphatic rings. The molecular weight excluding hydrogens is 348 g/mol. The molecule has 0 aromatic carbocycles. The summed E-state index contributed by atoms with van der Waals surface area (Å²) in [7, 11) is -3.77. The summed E-state index contributed by atoms with van der Waals surface area (Å²) in [5.74, 6) is 0.169. The van der Waals surface area contributed by atoms with Crippen LogP contribution in [0.3, 0.4) is 0 Å². The van der Waals surface area contributed by atoms with E-state index in [9.17, 15) is 8.42 Å². The van der Waals surface area contributed by atoms with Crippen LogP contribution in [-0.4, -0.2) is 18.5 Å². The predicted octanol–water partition coefficient (Wildman–Crippen LogP) is 1.97. The molecule has 2 aromatic rings. The maximum Gasteiger partial charge on any atom is 0.245 e. The largest absolute Gasteiger partial charge is 0.450 e. The van der Waals surface area contributed by atoms with Crippen LogP contribution in [0.1, 0.15) is 24.4 Å². The first-order valence-electron chi connectivity index (χ1n) is 5.76. The van der Waals surface area contributed by atoms with E-state index in [0.717, 1.165) is 0 Å². The van der Waals surface area contributed by atoms with Crippen LogP contribution in [0.5, 0.6) is 0 Å². The SMILES string of the molecule is CC(NS(=O)(=O)c1cc(CO)oc1Br)c1ccccn1. The molecule has 0 saturated heterocycles. The van der Waals surface area contributed by atoms with Gasteiger partial charge < -0.3 is 9.52 Å². The van der Waals surface area contributed by atoms with Crippen LogP contribution < -0.4 is 4.72 Å². The van der Waals surface area contributed by atoms with Gasteiger partial charge in [-0.3, -0.25) is 4.98 Å². The van der Waals surface area contributed by atoms with E-state index in [-0.39, 0.29) is 21.9 Å². The van der Waals surface area contributed by atoms with Gasteiger partial charge in [-0.2, -0.15) is 0 Å². The second-order valence-corrected chi connectivity index (χ2v) is 6.51. The molecule has 0 spiro atoms. The summed E-state index contributed by atoms with van der Waals surface area (Å²) in [4.78, 5) is 4.05. The quantitative estimate of drug-likeness (QED) is 0.850. The number of rotatable bonds is 5. The fraction of sp³-hybridized carbons (Fsp3) is 0.250. The Hall–Kier alpha value is -1.22. The third kappa shape index (κ3) is 3.26. The maximum atomic E-state index is 12.3. The van der Waals surface area contributed by atoms with Gasteiger partial charge in [0.2, 0.25) is 10.0 Å².